The van der Waals surface area contributed by atoms with Crippen LogP contribution in [0.15, 0.2) is 12.4 Å². The Morgan fingerprint density at radius 1 is 1.57 bits per heavy atom. The van der Waals surface area contributed by atoms with E-state index < -0.39 is 0 Å². The lowest BCUT2D eigenvalue weighted by Crippen LogP contribution is -1.93. The smallest absolute Gasteiger partial charge is 0.238 e. The minimum atomic E-state index is 0.606. The van der Waals surface area contributed by atoms with Crippen molar-refractivity contribution in [3.8, 4) is 5.88 Å². The highest BCUT2D eigenvalue weighted by Crippen LogP contribution is 2.33. The maximum atomic E-state index is 6.07. The standard InChI is InChI=1S/C9H8ClIN2O/c1-13-4-6(11)7-5(10)3-12-9(14-2)8(7)13/h3-4H,1-2H3. The number of aromatic nitrogens is 2. The van der Waals surface area contributed by atoms with Gasteiger partial charge in [0, 0.05) is 22.2 Å². The van der Waals surface area contributed by atoms with Crippen LogP contribution in [0.1, 0.15) is 0 Å². The molecule has 0 unspecified atom stereocenters. The van der Waals surface area contributed by atoms with Crippen molar-refractivity contribution < 1.29 is 4.74 Å². The van der Waals surface area contributed by atoms with E-state index in [0.29, 0.717) is 10.9 Å². The molecule has 0 N–H and O–H groups in total. The van der Waals surface area contributed by atoms with Gasteiger partial charge in [-0.3, -0.25) is 0 Å². The van der Waals surface area contributed by atoms with E-state index in [-0.39, 0.29) is 0 Å². The van der Waals surface area contributed by atoms with Gasteiger partial charge in [0.15, 0.2) is 0 Å². The largest absolute Gasteiger partial charge is 0.479 e. The fourth-order valence-corrected chi connectivity index (χ4v) is 2.83. The van der Waals surface area contributed by atoms with Gasteiger partial charge in [0.25, 0.3) is 0 Å². The highest BCUT2D eigenvalue weighted by atomic mass is 127. The van der Waals surface area contributed by atoms with Gasteiger partial charge in [0.05, 0.1) is 18.3 Å². The molecular weight excluding hydrogens is 314 g/mol. The van der Waals surface area contributed by atoms with Gasteiger partial charge in [-0.25, -0.2) is 4.98 Å². The topological polar surface area (TPSA) is 27.1 Å². The molecule has 0 radical (unpaired) electrons. The molecule has 0 atom stereocenters. The van der Waals surface area contributed by atoms with Crippen molar-refractivity contribution in [1.82, 2.24) is 9.55 Å². The predicted molar refractivity (Wildman–Crippen MR) is 65.0 cm³/mol. The SMILES string of the molecule is COc1ncc(Cl)c2c(I)cn(C)c12. The summed E-state index contributed by atoms with van der Waals surface area (Å²) in [6.45, 7) is 0. The van der Waals surface area contributed by atoms with E-state index in [1.54, 1.807) is 13.3 Å². The molecule has 2 heterocycles. The van der Waals surface area contributed by atoms with Gasteiger partial charge in [0.1, 0.15) is 5.52 Å². The minimum absolute atomic E-state index is 0.606. The molecule has 5 heteroatoms. The molecule has 0 amide bonds. The lowest BCUT2D eigenvalue weighted by molar-refractivity contribution is 0.401. The lowest BCUT2D eigenvalue weighted by Gasteiger charge is -2.03. The molecule has 2 rings (SSSR count). The summed E-state index contributed by atoms with van der Waals surface area (Å²) in [5.41, 5.74) is 0.935. The summed E-state index contributed by atoms with van der Waals surface area (Å²) in [6.07, 6.45) is 3.62. The van der Waals surface area contributed by atoms with Crippen LogP contribution in [0.25, 0.3) is 10.9 Å². The summed E-state index contributed by atoms with van der Waals surface area (Å²) in [5, 5.41) is 1.66. The molecule has 0 saturated carbocycles. The van der Waals surface area contributed by atoms with Crippen molar-refractivity contribution in [2.24, 2.45) is 7.05 Å². The molecule has 74 valence electrons. The second kappa shape index (κ2) is 3.58. The van der Waals surface area contributed by atoms with E-state index in [2.05, 4.69) is 27.6 Å². The van der Waals surface area contributed by atoms with Crippen molar-refractivity contribution in [2.45, 2.75) is 0 Å². The van der Waals surface area contributed by atoms with Gasteiger partial charge in [-0.15, -0.1) is 0 Å². The Morgan fingerprint density at radius 2 is 2.29 bits per heavy atom. The van der Waals surface area contributed by atoms with E-state index in [1.165, 1.54) is 0 Å². The van der Waals surface area contributed by atoms with Gasteiger partial charge in [0.2, 0.25) is 5.88 Å². The number of hydrogen-bond acceptors (Lipinski definition) is 2. The third-order valence-corrected chi connectivity index (χ3v) is 3.17. The number of halogens is 2. The number of rotatable bonds is 1. The zero-order valence-electron chi connectivity index (χ0n) is 7.71. The summed E-state index contributed by atoms with van der Waals surface area (Å²) in [6, 6.07) is 0. The molecule has 0 saturated heterocycles. The highest BCUT2D eigenvalue weighted by Gasteiger charge is 2.13. The molecule has 0 spiro atoms. The first-order chi connectivity index (χ1) is 6.65. The summed E-state index contributed by atoms with van der Waals surface area (Å²) in [4.78, 5) is 4.12. The monoisotopic (exact) mass is 322 g/mol. The zero-order valence-corrected chi connectivity index (χ0v) is 10.6. The Morgan fingerprint density at radius 3 is 2.93 bits per heavy atom. The van der Waals surface area contributed by atoms with E-state index in [9.17, 15) is 0 Å². The zero-order chi connectivity index (χ0) is 10.3. The second-order valence-electron chi connectivity index (χ2n) is 2.93. The van der Waals surface area contributed by atoms with Gasteiger partial charge < -0.3 is 9.30 Å². The molecule has 14 heavy (non-hydrogen) atoms. The molecule has 0 bridgehead atoms. The van der Waals surface area contributed by atoms with Gasteiger partial charge in [-0.1, -0.05) is 11.6 Å². The van der Waals surface area contributed by atoms with Crippen LogP contribution < -0.4 is 4.74 Å². The maximum absolute atomic E-state index is 6.07. The fraction of sp³-hybridized carbons (Fsp3) is 0.222. The van der Waals surface area contributed by atoms with Gasteiger partial charge >= 0.3 is 0 Å². The second-order valence-corrected chi connectivity index (χ2v) is 4.50. The number of pyridine rings is 1. The van der Waals surface area contributed by atoms with Gasteiger partial charge in [-0.05, 0) is 22.6 Å². The first-order valence-corrected chi connectivity index (χ1v) is 5.44. The number of fused-ring (bicyclic) bond motifs is 1. The lowest BCUT2D eigenvalue weighted by atomic mass is 10.3. The van der Waals surface area contributed by atoms with Crippen LogP contribution in [-0.4, -0.2) is 16.7 Å². The Balaban J connectivity index is 2.94. The Labute approximate surface area is 100 Å². The Bertz CT molecular complexity index is 495. The van der Waals surface area contributed by atoms with E-state index >= 15 is 0 Å². The first-order valence-electron chi connectivity index (χ1n) is 3.98. The van der Waals surface area contributed by atoms with Crippen LogP contribution >= 0.6 is 34.2 Å². The van der Waals surface area contributed by atoms with E-state index in [1.807, 2.05) is 17.8 Å². The molecular formula is C9H8ClIN2O. The molecule has 0 aromatic carbocycles. The number of aryl methyl sites for hydroxylation is 1. The average Bonchev–Trinajstić information content (AvgIpc) is 2.44. The third kappa shape index (κ3) is 1.37. The highest BCUT2D eigenvalue weighted by molar-refractivity contribution is 14.1. The van der Waals surface area contributed by atoms with Crippen LogP contribution in [0.4, 0.5) is 0 Å². The maximum Gasteiger partial charge on any atom is 0.238 e. The van der Waals surface area contributed by atoms with Gasteiger partial charge in [-0.2, -0.15) is 0 Å². The fourth-order valence-electron chi connectivity index (χ4n) is 1.46. The van der Waals surface area contributed by atoms with Crippen LogP contribution in [0.3, 0.4) is 0 Å². The molecule has 0 aliphatic heterocycles. The number of methoxy groups -OCH3 is 1. The third-order valence-electron chi connectivity index (χ3n) is 2.07. The molecule has 2 aromatic heterocycles. The molecule has 0 aliphatic rings. The van der Waals surface area contributed by atoms with Crippen LogP contribution in [0.5, 0.6) is 5.88 Å². The van der Waals surface area contributed by atoms with E-state index in [0.717, 1.165) is 14.5 Å². The summed E-state index contributed by atoms with van der Waals surface area (Å²) in [5.74, 6) is 0.606. The van der Waals surface area contributed by atoms with Crippen LogP contribution in [0, 0.1) is 3.57 Å². The predicted octanol–water partition coefficient (Wildman–Crippen LogP) is 2.84. The minimum Gasteiger partial charge on any atom is -0.479 e. The molecule has 2 aromatic rings. The molecule has 0 fully saturated rings. The van der Waals surface area contributed by atoms with Crippen molar-refractivity contribution in [3.05, 3.63) is 21.0 Å². The molecule has 0 aliphatic carbocycles. The summed E-state index contributed by atoms with van der Waals surface area (Å²) in [7, 11) is 3.56. The Hall–Kier alpha value is -0.490. The number of hydrogen-bond donors (Lipinski definition) is 0. The summed E-state index contributed by atoms with van der Waals surface area (Å²) >= 11 is 8.32. The first kappa shape index (κ1) is 10.0. The van der Waals surface area contributed by atoms with Crippen molar-refractivity contribution in [3.63, 3.8) is 0 Å². The van der Waals surface area contributed by atoms with Crippen molar-refractivity contribution in [2.75, 3.05) is 7.11 Å². The Kier molecular flexibility index (Phi) is 2.57. The van der Waals surface area contributed by atoms with E-state index in [4.69, 9.17) is 16.3 Å². The number of ether oxygens (including phenoxy) is 1. The summed E-state index contributed by atoms with van der Waals surface area (Å²) < 4.78 is 8.25. The van der Waals surface area contributed by atoms with Crippen LogP contribution in [-0.2, 0) is 7.05 Å². The van der Waals surface area contributed by atoms with Crippen LogP contribution in [0.2, 0.25) is 5.02 Å². The number of nitrogens with zero attached hydrogens (tertiary/aromatic N) is 2. The average molecular weight is 323 g/mol. The van der Waals surface area contributed by atoms with Crippen molar-refractivity contribution in [1.29, 1.82) is 0 Å². The molecule has 3 nitrogen and oxygen atoms in total. The normalized spacial score (nSPS) is 10.9. The van der Waals surface area contributed by atoms with Crippen molar-refractivity contribution >= 4 is 45.1 Å². The quantitative estimate of drug-likeness (QED) is 0.755.